The minimum absolute atomic E-state index is 0.146. The van der Waals surface area contributed by atoms with Crippen molar-refractivity contribution >= 4 is 17.5 Å². The van der Waals surface area contributed by atoms with Crippen LogP contribution in [0.1, 0.15) is 52.4 Å². The lowest BCUT2D eigenvalue weighted by Gasteiger charge is -2.16. The van der Waals surface area contributed by atoms with Crippen molar-refractivity contribution in [2.75, 3.05) is 6.54 Å². The lowest BCUT2D eigenvalue weighted by atomic mass is 9.97. The van der Waals surface area contributed by atoms with Crippen molar-refractivity contribution in [3.63, 3.8) is 0 Å². The largest absolute Gasteiger partial charge is 0.354 e. The van der Waals surface area contributed by atoms with Crippen molar-refractivity contribution < 1.29 is 4.79 Å². The van der Waals surface area contributed by atoms with E-state index >= 15 is 0 Å². The molecule has 0 aliphatic heterocycles. The zero-order chi connectivity index (χ0) is 12.0. The number of carbonyl (C=O) groups excluding carboxylic acids is 1. The summed E-state index contributed by atoms with van der Waals surface area (Å²) in [5.74, 6) is 1.05. The van der Waals surface area contributed by atoms with Crippen LogP contribution in [-0.4, -0.2) is 17.8 Å². The van der Waals surface area contributed by atoms with E-state index in [0.29, 0.717) is 12.5 Å². The van der Waals surface area contributed by atoms with Gasteiger partial charge in [0, 0.05) is 12.5 Å². The first-order chi connectivity index (χ1) is 7.69. The van der Waals surface area contributed by atoms with Gasteiger partial charge in [0.25, 0.3) is 0 Å². The van der Waals surface area contributed by atoms with Gasteiger partial charge < -0.3 is 5.32 Å². The summed E-state index contributed by atoms with van der Waals surface area (Å²) < 4.78 is 0. The van der Waals surface area contributed by atoms with E-state index in [4.69, 9.17) is 11.6 Å². The van der Waals surface area contributed by atoms with E-state index < -0.39 is 0 Å². The van der Waals surface area contributed by atoms with Gasteiger partial charge in [-0.1, -0.05) is 26.7 Å². The molecule has 1 amide bonds. The maximum atomic E-state index is 11.9. The molecule has 0 aromatic heterocycles. The summed E-state index contributed by atoms with van der Waals surface area (Å²) >= 11 is 6.17. The predicted octanol–water partition coefficient (Wildman–Crippen LogP) is 3.34. The van der Waals surface area contributed by atoms with Gasteiger partial charge in [-0.2, -0.15) is 0 Å². The van der Waals surface area contributed by atoms with Crippen LogP contribution in [0.2, 0.25) is 0 Å². The van der Waals surface area contributed by atoms with Crippen LogP contribution in [0.15, 0.2) is 0 Å². The van der Waals surface area contributed by atoms with Gasteiger partial charge in [0.2, 0.25) is 5.91 Å². The van der Waals surface area contributed by atoms with Crippen LogP contribution in [0.5, 0.6) is 0 Å². The van der Waals surface area contributed by atoms with Crippen molar-refractivity contribution in [1.29, 1.82) is 0 Å². The maximum absolute atomic E-state index is 11.9. The smallest absolute Gasteiger partial charge is 0.223 e. The molecule has 94 valence electrons. The summed E-state index contributed by atoms with van der Waals surface area (Å²) in [5, 5.41) is 3.15. The molecule has 0 aromatic rings. The van der Waals surface area contributed by atoms with Crippen LogP contribution < -0.4 is 5.32 Å². The molecule has 1 fully saturated rings. The lowest BCUT2D eigenvalue weighted by molar-refractivity contribution is -0.125. The van der Waals surface area contributed by atoms with Crippen LogP contribution in [0.4, 0.5) is 0 Å². The second-order valence-corrected chi connectivity index (χ2v) is 5.43. The van der Waals surface area contributed by atoms with E-state index in [9.17, 15) is 4.79 Å². The first kappa shape index (κ1) is 13.8. The normalized spacial score (nSPS) is 17.5. The lowest BCUT2D eigenvalue weighted by Crippen LogP contribution is -2.35. The Hall–Kier alpha value is -0.240. The Bertz CT molecular complexity index is 210. The average Bonchev–Trinajstić information content (AvgIpc) is 3.09. The molecule has 0 spiro atoms. The van der Waals surface area contributed by atoms with Crippen molar-refractivity contribution in [2.45, 2.75) is 57.7 Å². The zero-order valence-electron chi connectivity index (χ0n) is 10.5. The van der Waals surface area contributed by atoms with Gasteiger partial charge in [-0.05, 0) is 31.6 Å². The van der Waals surface area contributed by atoms with Gasteiger partial charge in [0.1, 0.15) is 0 Å². The Labute approximate surface area is 104 Å². The number of amides is 1. The number of nitrogens with one attached hydrogen (secondary N) is 1. The fourth-order valence-corrected chi connectivity index (χ4v) is 2.40. The van der Waals surface area contributed by atoms with Crippen LogP contribution in [-0.2, 0) is 4.79 Å². The van der Waals surface area contributed by atoms with Crippen molar-refractivity contribution in [2.24, 2.45) is 11.8 Å². The van der Waals surface area contributed by atoms with Crippen LogP contribution >= 0.6 is 11.6 Å². The summed E-state index contributed by atoms with van der Waals surface area (Å²) in [7, 11) is 0. The molecular weight excluding hydrogens is 222 g/mol. The summed E-state index contributed by atoms with van der Waals surface area (Å²) in [6.07, 6.45) is 6.61. The number of alkyl halides is 1. The number of halogens is 1. The summed E-state index contributed by atoms with van der Waals surface area (Å²) in [6, 6.07) is 0. The highest BCUT2D eigenvalue weighted by molar-refractivity contribution is 6.21. The third-order valence-electron chi connectivity index (χ3n) is 3.25. The third-order valence-corrected chi connectivity index (χ3v) is 3.76. The topological polar surface area (TPSA) is 29.1 Å². The highest BCUT2D eigenvalue weighted by Crippen LogP contribution is 2.35. The van der Waals surface area contributed by atoms with Crippen molar-refractivity contribution in [1.82, 2.24) is 5.32 Å². The van der Waals surface area contributed by atoms with E-state index in [1.807, 2.05) is 0 Å². The van der Waals surface area contributed by atoms with Crippen molar-refractivity contribution in [3.8, 4) is 0 Å². The third kappa shape index (κ3) is 4.73. The molecule has 1 N–H and O–H groups in total. The van der Waals surface area contributed by atoms with E-state index in [2.05, 4.69) is 19.2 Å². The summed E-state index contributed by atoms with van der Waals surface area (Å²) in [4.78, 5) is 11.9. The molecule has 1 atom stereocenters. The number of carbonyl (C=O) groups is 1. The molecule has 1 aliphatic rings. The fraction of sp³-hybridized carbons (Fsp3) is 0.923. The molecule has 1 aliphatic carbocycles. The monoisotopic (exact) mass is 245 g/mol. The molecule has 0 heterocycles. The molecule has 0 aromatic carbocycles. The molecule has 1 saturated carbocycles. The van der Waals surface area contributed by atoms with E-state index in [1.54, 1.807) is 0 Å². The minimum Gasteiger partial charge on any atom is -0.354 e. The van der Waals surface area contributed by atoms with E-state index in [0.717, 1.165) is 25.7 Å². The molecule has 0 bridgehead atoms. The van der Waals surface area contributed by atoms with E-state index in [-0.39, 0.29) is 17.2 Å². The number of hydrogen-bond acceptors (Lipinski definition) is 1. The average molecular weight is 246 g/mol. The molecular formula is C13H24ClNO. The fourth-order valence-electron chi connectivity index (χ4n) is 2.07. The van der Waals surface area contributed by atoms with E-state index in [1.165, 1.54) is 12.8 Å². The summed E-state index contributed by atoms with van der Waals surface area (Å²) in [6.45, 7) is 4.91. The molecule has 1 unspecified atom stereocenters. The van der Waals surface area contributed by atoms with Crippen LogP contribution in [0.3, 0.4) is 0 Å². The van der Waals surface area contributed by atoms with Gasteiger partial charge in [-0.15, -0.1) is 11.6 Å². The highest BCUT2D eigenvalue weighted by Gasteiger charge is 2.30. The van der Waals surface area contributed by atoms with Gasteiger partial charge in [-0.25, -0.2) is 0 Å². The quantitative estimate of drug-likeness (QED) is 0.653. The van der Waals surface area contributed by atoms with Gasteiger partial charge in [0.15, 0.2) is 0 Å². The van der Waals surface area contributed by atoms with Gasteiger partial charge in [-0.3, -0.25) is 4.79 Å². The maximum Gasteiger partial charge on any atom is 0.223 e. The molecule has 2 nitrogen and oxygen atoms in total. The first-order valence-electron chi connectivity index (χ1n) is 6.60. The van der Waals surface area contributed by atoms with Gasteiger partial charge in [0.05, 0.1) is 5.38 Å². The Kier molecular flexibility index (Phi) is 6.18. The Balaban J connectivity index is 2.23. The molecule has 16 heavy (non-hydrogen) atoms. The predicted molar refractivity (Wildman–Crippen MR) is 68.7 cm³/mol. The number of hydrogen-bond donors (Lipinski definition) is 1. The Morgan fingerprint density at radius 2 is 1.88 bits per heavy atom. The second-order valence-electron chi connectivity index (χ2n) is 4.87. The minimum atomic E-state index is 0.146. The SMILES string of the molecule is CCCC(CCC)C(=O)NCC(Cl)C1CC1. The van der Waals surface area contributed by atoms with Crippen molar-refractivity contribution in [3.05, 3.63) is 0 Å². The molecule has 0 saturated heterocycles. The standard InChI is InChI=1S/C13H24ClNO/c1-3-5-11(6-4-2)13(16)15-9-12(14)10-7-8-10/h10-12H,3-9H2,1-2H3,(H,15,16). The van der Waals surface area contributed by atoms with Gasteiger partial charge >= 0.3 is 0 Å². The highest BCUT2D eigenvalue weighted by atomic mass is 35.5. The molecule has 3 heteroatoms. The first-order valence-corrected chi connectivity index (χ1v) is 7.04. The Morgan fingerprint density at radius 3 is 2.31 bits per heavy atom. The molecule has 0 radical (unpaired) electrons. The number of rotatable bonds is 8. The Morgan fingerprint density at radius 1 is 1.31 bits per heavy atom. The second kappa shape index (κ2) is 7.16. The summed E-state index contributed by atoms with van der Waals surface area (Å²) in [5.41, 5.74) is 0. The van der Waals surface area contributed by atoms with Crippen LogP contribution in [0, 0.1) is 11.8 Å². The zero-order valence-corrected chi connectivity index (χ0v) is 11.2. The molecule has 1 rings (SSSR count). The van der Waals surface area contributed by atoms with Crippen LogP contribution in [0.25, 0.3) is 0 Å².